The lowest BCUT2D eigenvalue weighted by atomic mass is 9.97. The molecule has 20 heavy (non-hydrogen) atoms. The molecule has 116 valence electrons. The normalized spacial score (nSPS) is 20.4. The summed E-state index contributed by atoms with van der Waals surface area (Å²) in [6, 6.07) is 0. The fourth-order valence-electron chi connectivity index (χ4n) is 2.15. The Morgan fingerprint density at radius 3 is 2.75 bits per heavy atom. The van der Waals surface area contributed by atoms with Crippen LogP contribution >= 0.6 is 36.2 Å². The summed E-state index contributed by atoms with van der Waals surface area (Å²) in [5.41, 5.74) is 0.685. The summed E-state index contributed by atoms with van der Waals surface area (Å²) in [6.45, 7) is 7.87. The van der Waals surface area contributed by atoms with Crippen LogP contribution in [0.15, 0.2) is 5.38 Å². The standard InChI is InChI=1S/C13H21N3OS.2ClH/c1-4-13(3,12-15-9(2)8-18-12)16-11(17)10-5-6-14-7-10;;/h8,10,14H,4-7H2,1-3H3,(H,16,17);2*1H. The van der Waals surface area contributed by atoms with Crippen LogP contribution in [0.2, 0.25) is 0 Å². The smallest absolute Gasteiger partial charge is 0.225 e. The number of hydrogen-bond donors (Lipinski definition) is 2. The summed E-state index contributed by atoms with van der Waals surface area (Å²) < 4.78 is 0. The Morgan fingerprint density at radius 1 is 1.60 bits per heavy atom. The van der Waals surface area contributed by atoms with Gasteiger partial charge in [-0.15, -0.1) is 36.2 Å². The Kier molecular flexibility index (Phi) is 8.03. The number of nitrogens with zero attached hydrogens (tertiary/aromatic N) is 1. The van der Waals surface area contributed by atoms with Crippen molar-refractivity contribution in [3.8, 4) is 0 Å². The number of rotatable bonds is 4. The highest BCUT2D eigenvalue weighted by molar-refractivity contribution is 7.09. The number of thiazole rings is 1. The summed E-state index contributed by atoms with van der Waals surface area (Å²) in [4.78, 5) is 16.7. The van der Waals surface area contributed by atoms with E-state index in [4.69, 9.17) is 0 Å². The molecule has 0 bridgehead atoms. The summed E-state index contributed by atoms with van der Waals surface area (Å²) in [5.74, 6) is 0.258. The molecule has 2 heterocycles. The van der Waals surface area contributed by atoms with Gasteiger partial charge < -0.3 is 10.6 Å². The molecule has 1 aromatic heterocycles. The van der Waals surface area contributed by atoms with Gasteiger partial charge in [-0.1, -0.05) is 6.92 Å². The van der Waals surface area contributed by atoms with Crippen molar-refractivity contribution in [1.82, 2.24) is 15.6 Å². The number of hydrogen-bond acceptors (Lipinski definition) is 4. The number of aromatic nitrogens is 1. The van der Waals surface area contributed by atoms with Crippen molar-refractivity contribution >= 4 is 42.1 Å². The molecule has 2 rings (SSSR count). The van der Waals surface area contributed by atoms with Gasteiger partial charge in [0.1, 0.15) is 5.01 Å². The Bertz CT molecular complexity index is 435. The zero-order valence-corrected chi connectivity index (χ0v) is 14.5. The van der Waals surface area contributed by atoms with Crippen LogP contribution in [-0.2, 0) is 10.3 Å². The van der Waals surface area contributed by atoms with Crippen molar-refractivity contribution in [2.24, 2.45) is 5.92 Å². The predicted octanol–water partition coefficient (Wildman–Crippen LogP) is 2.65. The van der Waals surface area contributed by atoms with E-state index in [-0.39, 0.29) is 42.2 Å². The number of halogens is 2. The number of nitrogens with one attached hydrogen (secondary N) is 2. The van der Waals surface area contributed by atoms with Gasteiger partial charge in [0.15, 0.2) is 0 Å². The lowest BCUT2D eigenvalue weighted by Crippen LogP contribution is -2.46. The Hall–Kier alpha value is -0.360. The maximum atomic E-state index is 12.2. The highest BCUT2D eigenvalue weighted by atomic mass is 35.5. The van der Waals surface area contributed by atoms with Crippen LogP contribution in [0.3, 0.4) is 0 Å². The van der Waals surface area contributed by atoms with Crippen LogP contribution in [0.4, 0.5) is 0 Å². The molecule has 0 radical (unpaired) electrons. The van der Waals surface area contributed by atoms with E-state index in [0.29, 0.717) is 0 Å². The van der Waals surface area contributed by atoms with E-state index in [0.717, 1.165) is 36.6 Å². The first-order valence-corrected chi connectivity index (χ1v) is 7.38. The molecule has 1 fully saturated rings. The topological polar surface area (TPSA) is 54.0 Å². The van der Waals surface area contributed by atoms with Crippen molar-refractivity contribution in [2.75, 3.05) is 13.1 Å². The van der Waals surface area contributed by atoms with Gasteiger partial charge in [-0.3, -0.25) is 4.79 Å². The molecule has 0 saturated carbocycles. The molecule has 4 nitrogen and oxygen atoms in total. The SMILES string of the molecule is CCC(C)(NC(=O)C1CCNC1)c1nc(C)cs1.Cl.Cl. The number of carbonyl (C=O) groups excluding carboxylic acids is 1. The Labute approximate surface area is 137 Å². The van der Waals surface area contributed by atoms with Crippen LogP contribution in [0.5, 0.6) is 0 Å². The first-order chi connectivity index (χ1) is 8.55. The summed E-state index contributed by atoms with van der Waals surface area (Å²) in [6.07, 6.45) is 1.79. The fourth-order valence-corrected chi connectivity index (χ4v) is 3.14. The second-order valence-corrected chi connectivity index (χ2v) is 6.02. The van der Waals surface area contributed by atoms with Gasteiger partial charge in [0, 0.05) is 17.6 Å². The maximum absolute atomic E-state index is 12.2. The van der Waals surface area contributed by atoms with Crippen LogP contribution < -0.4 is 10.6 Å². The van der Waals surface area contributed by atoms with Crippen molar-refractivity contribution in [2.45, 2.75) is 39.2 Å². The second-order valence-electron chi connectivity index (χ2n) is 5.16. The van der Waals surface area contributed by atoms with Gasteiger partial charge >= 0.3 is 0 Å². The minimum absolute atomic E-state index is 0. The highest BCUT2D eigenvalue weighted by Gasteiger charge is 2.33. The minimum Gasteiger partial charge on any atom is -0.344 e. The van der Waals surface area contributed by atoms with Gasteiger partial charge in [0.2, 0.25) is 5.91 Å². The molecule has 1 aromatic rings. The fraction of sp³-hybridized carbons (Fsp3) is 0.692. The first kappa shape index (κ1) is 19.6. The van der Waals surface area contributed by atoms with Crippen LogP contribution in [0.25, 0.3) is 0 Å². The molecule has 0 spiro atoms. The number of aryl methyl sites for hydroxylation is 1. The minimum atomic E-state index is -0.335. The monoisotopic (exact) mass is 339 g/mol. The van der Waals surface area contributed by atoms with E-state index in [1.165, 1.54) is 0 Å². The molecule has 2 unspecified atom stereocenters. The van der Waals surface area contributed by atoms with Gasteiger partial charge in [-0.25, -0.2) is 4.98 Å². The third kappa shape index (κ3) is 4.32. The van der Waals surface area contributed by atoms with Gasteiger partial charge in [-0.05, 0) is 33.2 Å². The van der Waals surface area contributed by atoms with E-state index in [9.17, 15) is 4.79 Å². The summed E-state index contributed by atoms with van der Waals surface area (Å²) >= 11 is 1.62. The van der Waals surface area contributed by atoms with Crippen molar-refractivity contribution in [1.29, 1.82) is 0 Å². The van der Waals surface area contributed by atoms with Gasteiger partial charge in [-0.2, -0.15) is 0 Å². The van der Waals surface area contributed by atoms with Crippen LogP contribution in [0, 0.1) is 12.8 Å². The lowest BCUT2D eigenvalue weighted by Gasteiger charge is -2.28. The Balaban J connectivity index is 0.00000180. The molecule has 2 atom stereocenters. The first-order valence-electron chi connectivity index (χ1n) is 6.50. The quantitative estimate of drug-likeness (QED) is 0.886. The predicted molar refractivity (Wildman–Crippen MR) is 88.1 cm³/mol. The van der Waals surface area contributed by atoms with Crippen LogP contribution in [-0.4, -0.2) is 24.0 Å². The highest BCUT2D eigenvalue weighted by Crippen LogP contribution is 2.28. The van der Waals surface area contributed by atoms with E-state index in [1.54, 1.807) is 11.3 Å². The third-order valence-corrected chi connectivity index (χ3v) is 4.85. The average molecular weight is 340 g/mol. The molecule has 7 heteroatoms. The van der Waals surface area contributed by atoms with Crippen LogP contribution in [0.1, 0.15) is 37.4 Å². The van der Waals surface area contributed by atoms with Gasteiger partial charge in [0.05, 0.1) is 11.5 Å². The number of amides is 1. The van der Waals surface area contributed by atoms with Crippen molar-refractivity contribution < 1.29 is 4.79 Å². The summed E-state index contributed by atoms with van der Waals surface area (Å²) in [5, 5.41) is 9.45. The average Bonchev–Trinajstić information content (AvgIpc) is 2.99. The van der Waals surface area contributed by atoms with Gasteiger partial charge in [0.25, 0.3) is 0 Å². The molecule has 1 aliphatic rings. The van der Waals surface area contributed by atoms with Crippen molar-refractivity contribution in [3.63, 3.8) is 0 Å². The second kappa shape index (κ2) is 8.17. The zero-order valence-electron chi connectivity index (χ0n) is 12.1. The molecule has 1 aliphatic heterocycles. The van der Waals surface area contributed by atoms with Crippen molar-refractivity contribution in [3.05, 3.63) is 16.1 Å². The molecular weight excluding hydrogens is 317 g/mol. The maximum Gasteiger partial charge on any atom is 0.225 e. The zero-order chi connectivity index (χ0) is 13.2. The molecule has 1 saturated heterocycles. The molecule has 2 N–H and O–H groups in total. The van der Waals surface area contributed by atoms with E-state index in [1.807, 2.05) is 12.3 Å². The van der Waals surface area contributed by atoms with E-state index in [2.05, 4.69) is 29.5 Å². The largest absolute Gasteiger partial charge is 0.344 e. The molecular formula is C13H23Cl2N3OS. The third-order valence-electron chi connectivity index (χ3n) is 3.63. The molecule has 0 aromatic carbocycles. The summed E-state index contributed by atoms with van der Waals surface area (Å²) in [7, 11) is 0. The van der Waals surface area contributed by atoms with E-state index < -0.39 is 0 Å². The van der Waals surface area contributed by atoms with E-state index >= 15 is 0 Å². The Morgan fingerprint density at radius 2 is 2.30 bits per heavy atom. The molecule has 1 amide bonds. The molecule has 0 aliphatic carbocycles. The number of carbonyl (C=O) groups is 1. The lowest BCUT2D eigenvalue weighted by molar-refractivity contribution is -0.126.